The van der Waals surface area contributed by atoms with Gasteiger partial charge in [0.15, 0.2) is 0 Å². The zero-order chi connectivity index (χ0) is 14.8. The number of hydrogen-bond donors (Lipinski definition) is 2. The largest absolute Gasteiger partial charge is 0.340 e. The van der Waals surface area contributed by atoms with Crippen LogP contribution in [0.5, 0.6) is 0 Å². The minimum absolute atomic E-state index is 0.113. The third kappa shape index (κ3) is 3.54. The molecule has 120 valence electrons. The van der Waals surface area contributed by atoms with Crippen molar-refractivity contribution in [3.8, 4) is 0 Å². The van der Waals surface area contributed by atoms with Gasteiger partial charge in [-0.15, -0.1) is 0 Å². The predicted molar refractivity (Wildman–Crippen MR) is 80.8 cm³/mol. The number of piperidine rings is 1. The molecule has 3 aliphatic heterocycles. The van der Waals surface area contributed by atoms with Crippen molar-refractivity contribution in [1.29, 1.82) is 0 Å². The van der Waals surface area contributed by atoms with E-state index >= 15 is 0 Å². The van der Waals surface area contributed by atoms with Crippen LogP contribution >= 0.6 is 0 Å². The molecule has 0 aromatic carbocycles. The first kappa shape index (κ1) is 15.2. The summed E-state index contributed by atoms with van der Waals surface area (Å²) in [4.78, 5) is 17.1. The molecule has 3 saturated heterocycles. The van der Waals surface area contributed by atoms with E-state index in [0.29, 0.717) is 18.5 Å². The maximum Gasteiger partial charge on any atom is 0.227 e. The van der Waals surface area contributed by atoms with Crippen molar-refractivity contribution < 1.29 is 4.79 Å². The number of rotatable bonds is 2. The van der Waals surface area contributed by atoms with Crippen molar-refractivity contribution in [1.82, 2.24) is 19.8 Å². The zero-order valence-corrected chi connectivity index (χ0v) is 12.8. The first-order chi connectivity index (χ1) is 10.1. The van der Waals surface area contributed by atoms with Crippen LogP contribution in [0.1, 0.15) is 19.3 Å². The van der Waals surface area contributed by atoms with Gasteiger partial charge in [0.05, 0.1) is 5.92 Å². The summed E-state index contributed by atoms with van der Waals surface area (Å²) in [6.07, 6.45) is 3.20. The summed E-state index contributed by atoms with van der Waals surface area (Å²) < 4.78 is 0. The molecule has 4 N–H and O–H groups in total. The normalized spacial score (nSPS) is 31.0. The van der Waals surface area contributed by atoms with Crippen LogP contribution in [0.4, 0.5) is 0 Å². The first-order valence-corrected chi connectivity index (χ1v) is 8.15. The molecule has 0 spiro atoms. The van der Waals surface area contributed by atoms with Crippen LogP contribution in [-0.4, -0.2) is 84.1 Å². The Morgan fingerprint density at radius 3 is 2.00 bits per heavy atom. The SMILES string of the molecule is NN1CCC(N2CCN(C(=O)[C@@H]3CCN(N)C3)CC2)CC1. The smallest absolute Gasteiger partial charge is 0.227 e. The third-order valence-electron chi connectivity index (χ3n) is 5.21. The molecule has 7 heteroatoms. The van der Waals surface area contributed by atoms with Crippen LogP contribution < -0.4 is 11.7 Å². The first-order valence-electron chi connectivity index (χ1n) is 8.15. The van der Waals surface area contributed by atoms with Crippen molar-refractivity contribution in [2.75, 3.05) is 52.4 Å². The molecule has 3 rings (SSSR count). The van der Waals surface area contributed by atoms with E-state index in [2.05, 4.69) is 4.90 Å². The summed E-state index contributed by atoms with van der Waals surface area (Å²) in [6, 6.07) is 0.646. The molecular formula is C14H28N6O. The van der Waals surface area contributed by atoms with E-state index in [1.54, 1.807) is 5.01 Å². The van der Waals surface area contributed by atoms with Gasteiger partial charge >= 0.3 is 0 Å². The lowest BCUT2D eigenvalue weighted by atomic mass is 10.0. The van der Waals surface area contributed by atoms with Gasteiger partial charge in [-0.1, -0.05) is 0 Å². The lowest BCUT2D eigenvalue weighted by molar-refractivity contribution is -0.137. The molecule has 7 nitrogen and oxygen atoms in total. The molecule has 1 amide bonds. The molecule has 0 unspecified atom stereocenters. The molecule has 0 aromatic rings. The van der Waals surface area contributed by atoms with Crippen LogP contribution in [0, 0.1) is 5.92 Å². The Balaban J connectivity index is 1.45. The van der Waals surface area contributed by atoms with E-state index in [0.717, 1.165) is 65.1 Å². The average molecular weight is 296 g/mol. The topological polar surface area (TPSA) is 82.1 Å². The van der Waals surface area contributed by atoms with Gasteiger partial charge in [-0.3, -0.25) is 21.4 Å². The summed E-state index contributed by atoms with van der Waals surface area (Å²) in [7, 11) is 0. The van der Waals surface area contributed by atoms with E-state index in [-0.39, 0.29) is 5.92 Å². The molecule has 3 heterocycles. The van der Waals surface area contributed by atoms with Gasteiger partial charge in [0.2, 0.25) is 5.91 Å². The summed E-state index contributed by atoms with van der Waals surface area (Å²) in [5, 5.41) is 3.67. The van der Waals surface area contributed by atoms with Gasteiger partial charge < -0.3 is 4.90 Å². The summed E-state index contributed by atoms with van der Waals surface area (Å²) >= 11 is 0. The van der Waals surface area contributed by atoms with Crippen molar-refractivity contribution in [3.63, 3.8) is 0 Å². The fraction of sp³-hybridized carbons (Fsp3) is 0.929. The molecule has 3 fully saturated rings. The predicted octanol–water partition coefficient (Wildman–Crippen LogP) is -1.34. The second-order valence-electron chi connectivity index (χ2n) is 6.61. The van der Waals surface area contributed by atoms with Crippen LogP contribution in [0.15, 0.2) is 0 Å². The van der Waals surface area contributed by atoms with E-state index in [4.69, 9.17) is 11.7 Å². The van der Waals surface area contributed by atoms with Gasteiger partial charge in [-0.25, -0.2) is 10.0 Å². The fourth-order valence-electron chi connectivity index (χ4n) is 3.81. The van der Waals surface area contributed by atoms with Gasteiger partial charge in [0, 0.05) is 58.4 Å². The number of carbonyl (C=O) groups excluding carboxylic acids is 1. The van der Waals surface area contributed by atoms with E-state index in [1.165, 1.54) is 0 Å². The minimum atomic E-state index is 0.113. The van der Waals surface area contributed by atoms with Crippen LogP contribution in [0.25, 0.3) is 0 Å². The Morgan fingerprint density at radius 1 is 0.810 bits per heavy atom. The molecule has 0 radical (unpaired) electrons. The molecule has 0 aromatic heterocycles. The third-order valence-corrected chi connectivity index (χ3v) is 5.21. The summed E-state index contributed by atoms with van der Waals surface area (Å²) in [5.74, 6) is 12.0. The highest BCUT2D eigenvalue weighted by Crippen LogP contribution is 2.20. The molecule has 0 aliphatic carbocycles. The van der Waals surface area contributed by atoms with E-state index in [9.17, 15) is 4.79 Å². The molecule has 0 saturated carbocycles. The summed E-state index contributed by atoms with van der Waals surface area (Å²) in [5.41, 5.74) is 0. The molecule has 3 aliphatic rings. The molecular weight excluding hydrogens is 268 g/mol. The number of nitrogens with two attached hydrogens (primary N) is 2. The maximum absolute atomic E-state index is 12.5. The molecule has 1 atom stereocenters. The van der Waals surface area contributed by atoms with Crippen molar-refractivity contribution in [2.24, 2.45) is 17.6 Å². The van der Waals surface area contributed by atoms with E-state index < -0.39 is 0 Å². The maximum atomic E-state index is 12.5. The Bertz CT molecular complexity index is 362. The quantitative estimate of drug-likeness (QED) is 0.614. The monoisotopic (exact) mass is 296 g/mol. The number of hydrazine groups is 2. The van der Waals surface area contributed by atoms with Crippen LogP contribution in [0.3, 0.4) is 0 Å². The lowest BCUT2D eigenvalue weighted by Gasteiger charge is -2.42. The van der Waals surface area contributed by atoms with Crippen molar-refractivity contribution in [2.45, 2.75) is 25.3 Å². The Morgan fingerprint density at radius 2 is 1.43 bits per heavy atom. The van der Waals surface area contributed by atoms with Crippen molar-refractivity contribution >= 4 is 5.91 Å². The number of nitrogens with zero attached hydrogens (tertiary/aromatic N) is 4. The standard InChI is InChI=1S/C14H28N6O/c15-19-5-2-13(3-6-19)17-7-9-18(10-8-17)14(21)12-1-4-20(16)11-12/h12-13H,1-11,15-16H2/t12-/m1/s1. The van der Waals surface area contributed by atoms with Gasteiger partial charge in [0.25, 0.3) is 0 Å². The molecule has 0 bridgehead atoms. The lowest BCUT2D eigenvalue weighted by Crippen LogP contribution is -2.55. The Kier molecular flexibility index (Phi) is 4.75. The second kappa shape index (κ2) is 6.58. The molecule has 21 heavy (non-hydrogen) atoms. The van der Waals surface area contributed by atoms with Crippen LogP contribution in [0.2, 0.25) is 0 Å². The highest BCUT2D eigenvalue weighted by molar-refractivity contribution is 5.79. The number of piperazine rings is 1. The highest BCUT2D eigenvalue weighted by Gasteiger charge is 2.33. The average Bonchev–Trinajstić information content (AvgIpc) is 2.94. The van der Waals surface area contributed by atoms with Gasteiger partial charge in [-0.05, 0) is 19.3 Å². The van der Waals surface area contributed by atoms with E-state index in [1.807, 2.05) is 9.91 Å². The second-order valence-corrected chi connectivity index (χ2v) is 6.61. The van der Waals surface area contributed by atoms with Crippen LogP contribution in [-0.2, 0) is 4.79 Å². The van der Waals surface area contributed by atoms with Gasteiger partial charge in [0.1, 0.15) is 0 Å². The zero-order valence-electron chi connectivity index (χ0n) is 12.8. The van der Waals surface area contributed by atoms with Crippen molar-refractivity contribution in [3.05, 3.63) is 0 Å². The van der Waals surface area contributed by atoms with Gasteiger partial charge in [-0.2, -0.15) is 0 Å². The minimum Gasteiger partial charge on any atom is -0.340 e. The highest BCUT2D eigenvalue weighted by atomic mass is 16.2. The summed E-state index contributed by atoms with van der Waals surface area (Å²) in [6.45, 7) is 7.25. The fourth-order valence-corrected chi connectivity index (χ4v) is 3.81. The number of carbonyl (C=O) groups is 1. The Hall–Kier alpha value is -0.730. The Labute approximate surface area is 126 Å². The number of amides is 1. The number of hydrogen-bond acceptors (Lipinski definition) is 6.